The first-order valence-electron chi connectivity index (χ1n) is 14.6. The average Bonchev–Trinajstić information content (AvgIpc) is 3.90. The molecule has 0 aliphatic rings. The molecular weight excluding hydrogens is 558 g/mol. The molecule has 7 nitrogen and oxygen atoms in total. The molecule has 0 unspecified atom stereocenters. The lowest BCUT2D eigenvalue weighted by Gasteiger charge is -2.12. The van der Waals surface area contributed by atoms with Gasteiger partial charge in [0.2, 0.25) is 11.8 Å². The van der Waals surface area contributed by atoms with Crippen molar-refractivity contribution >= 4 is 32.6 Å². The van der Waals surface area contributed by atoms with Crippen molar-refractivity contribution in [3.05, 3.63) is 141 Å². The van der Waals surface area contributed by atoms with Gasteiger partial charge in [-0.3, -0.25) is 9.97 Å². The number of hydrogen-bond acceptors (Lipinski definition) is 6. The minimum absolute atomic E-state index is 0.544. The molecule has 0 spiro atoms. The molecule has 45 heavy (non-hydrogen) atoms. The van der Waals surface area contributed by atoms with Crippen LogP contribution in [0.15, 0.2) is 150 Å². The van der Waals surface area contributed by atoms with Crippen molar-refractivity contribution in [1.29, 1.82) is 0 Å². The van der Waals surface area contributed by atoms with E-state index in [9.17, 15) is 0 Å². The first-order valence-corrected chi connectivity index (χ1v) is 14.6. The Morgan fingerprint density at radius 1 is 0.489 bits per heavy atom. The lowest BCUT2D eigenvalue weighted by molar-refractivity contribution is 0.574. The van der Waals surface area contributed by atoms with Gasteiger partial charge in [-0.05, 0) is 58.3 Å². The zero-order chi connectivity index (χ0) is 29.7. The molecule has 0 bridgehead atoms. The maximum absolute atomic E-state index is 5.59. The van der Waals surface area contributed by atoms with Gasteiger partial charge < -0.3 is 13.4 Å². The smallest absolute Gasteiger partial charge is 0.227 e. The van der Waals surface area contributed by atoms with Gasteiger partial charge in [0.15, 0.2) is 0 Å². The van der Waals surface area contributed by atoms with Crippen LogP contribution >= 0.6 is 0 Å². The van der Waals surface area contributed by atoms with Gasteiger partial charge in [0, 0.05) is 52.4 Å². The second-order valence-corrected chi connectivity index (χ2v) is 10.9. The number of para-hydroxylation sites is 1. The Balaban J connectivity index is 1.34. The van der Waals surface area contributed by atoms with Crippen LogP contribution in [-0.2, 0) is 0 Å². The van der Waals surface area contributed by atoms with E-state index in [1.807, 2.05) is 18.5 Å². The van der Waals surface area contributed by atoms with E-state index in [1.165, 1.54) is 16.2 Å². The highest BCUT2D eigenvalue weighted by Gasteiger charge is 2.19. The van der Waals surface area contributed by atoms with Gasteiger partial charge in [-0.25, -0.2) is 9.97 Å². The first-order chi connectivity index (χ1) is 22.3. The molecule has 4 aromatic carbocycles. The van der Waals surface area contributed by atoms with E-state index in [2.05, 4.69) is 109 Å². The summed E-state index contributed by atoms with van der Waals surface area (Å²) >= 11 is 0. The predicted octanol–water partition coefficient (Wildman–Crippen LogP) is 9.37. The Hall–Kier alpha value is -6.34. The molecule has 0 radical (unpaired) electrons. The highest BCUT2D eigenvalue weighted by molar-refractivity contribution is 6.24. The Morgan fingerprint density at radius 2 is 1.13 bits per heavy atom. The van der Waals surface area contributed by atoms with Crippen molar-refractivity contribution in [3.63, 3.8) is 0 Å². The molecular formula is C38H23N5O2. The number of nitrogens with zero attached hydrogens (tertiary/aromatic N) is 5. The van der Waals surface area contributed by atoms with E-state index in [-0.39, 0.29) is 0 Å². The van der Waals surface area contributed by atoms with Crippen LogP contribution in [0.4, 0.5) is 0 Å². The lowest BCUT2D eigenvalue weighted by Crippen LogP contribution is -1.94. The summed E-state index contributed by atoms with van der Waals surface area (Å²) < 4.78 is 13.5. The molecule has 0 atom stereocenters. The number of hydrogen-bond donors (Lipinski definition) is 0. The molecule has 0 saturated heterocycles. The first kappa shape index (κ1) is 25.2. The third-order valence-corrected chi connectivity index (χ3v) is 8.27. The van der Waals surface area contributed by atoms with Crippen molar-refractivity contribution in [1.82, 2.24) is 24.5 Å². The number of benzene rings is 4. The van der Waals surface area contributed by atoms with Crippen molar-refractivity contribution in [2.24, 2.45) is 0 Å². The quantitative estimate of drug-likeness (QED) is 0.201. The number of rotatable bonds is 5. The molecule has 9 aromatic rings. The highest BCUT2D eigenvalue weighted by atomic mass is 16.3. The summed E-state index contributed by atoms with van der Waals surface area (Å²) in [7, 11) is 0. The molecule has 0 fully saturated rings. The topological polar surface area (TPSA) is 82.8 Å². The second kappa shape index (κ2) is 10.1. The third-order valence-electron chi connectivity index (χ3n) is 8.27. The molecule has 7 heteroatoms. The van der Waals surface area contributed by atoms with Crippen LogP contribution in [0.1, 0.15) is 0 Å². The van der Waals surface area contributed by atoms with Gasteiger partial charge in [0.05, 0.1) is 34.6 Å². The molecule has 5 aromatic heterocycles. The number of oxazole rings is 2. The number of pyridine rings is 2. The second-order valence-electron chi connectivity index (χ2n) is 10.9. The largest absolute Gasteiger partial charge is 0.444 e. The van der Waals surface area contributed by atoms with Crippen molar-refractivity contribution < 1.29 is 8.83 Å². The maximum Gasteiger partial charge on any atom is 0.227 e. The van der Waals surface area contributed by atoms with E-state index >= 15 is 0 Å². The standard InChI is InChI=1S/C38H23N5O2/c1-2-6-29(7-3-1)43-34-18-24(25-16-27(22-39-20-25)37-41-12-14-44-37)10-11-32(34)36-31-9-5-4-8-30(31)33(19-35(36)43)26-17-28(23-40-21-26)38-42-13-15-45-38/h1-23H. The average molecular weight is 582 g/mol. The minimum Gasteiger partial charge on any atom is -0.444 e. The summed E-state index contributed by atoms with van der Waals surface area (Å²) in [6, 6.07) is 32.2. The fourth-order valence-corrected chi connectivity index (χ4v) is 6.30. The van der Waals surface area contributed by atoms with Crippen LogP contribution in [0, 0.1) is 0 Å². The van der Waals surface area contributed by atoms with Gasteiger partial charge >= 0.3 is 0 Å². The summed E-state index contributed by atoms with van der Waals surface area (Å²) in [5.74, 6) is 1.09. The van der Waals surface area contributed by atoms with Crippen LogP contribution in [0.25, 0.3) is 83.4 Å². The summed E-state index contributed by atoms with van der Waals surface area (Å²) in [5, 5.41) is 4.69. The lowest BCUT2D eigenvalue weighted by atomic mass is 9.94. The van der Waals surface area contributed by atoms with E-state index in [0.717, 1.165) is 55.5 Å². The highest BCUT2D eigenvalue weighted by Crippen LogP contribution is 2.42. The number of fused-ring (bicyclic) bond motifs is 5. The Morgan fingerprint density at radius 3 is 1.84 bits per heavy atom. The summed E-state index contributed by atoms with van der Waals surface area (Å²) in [6.45, 7) is 0. The van der Waals surface area contributed by atoms with E-state index in [1.54, 1.807) is 37.3 Å². The summed E-state index contributed by atoms with van der Waals surface area (Å²) in [6.07, 6.45) is 13.8. The van der Waals surface area contributed by atoms with E-state index in [0.29, 0.717) is 11.8 Å². The Kier molecular flexibility index (Phi) is 5.67. The van der Waals surface area contributed by atoms with Crippen LogP contribution in [0.2, 0.25) is 0 Å². The van der Waals surface area contributed by atoms with Crippen LogP contribution in [0.5, 0.6) is 0 Å². The third kappa shape index (κ3) is 4.13. The minimum atomic E-state index is 0.544. The van der Waals surface area contributed by atoms with Crippen LogP contribution < -0.4 is 0 Å². The van der Waals surface area contributed by atoms with Gasteiger partial charge in [-0.1, -0.05) is 54.6 Å². The van der Waals surface area contributed by atoms with E-state index in [4.69, 9.17) is 8.83 Å². The fraction of sp³-hybridized carbons (Fsp3) is 0. The molecule has 0 aliphatic carbocycles. The molecule has 0 N–H and O–H groups in total. The summed E-state index contributed by atoms with van der Waals surface area (Å²) in [4.78, 5) is 17.7. The zero-order valence-electron chi connectivity index (χ0n) is 23.8. The van der Waals surface area contributed by atoms with Crippen LogP contribution in [0.3, 0.4) is 0 Å². The zero-order valence-corrected chi connectivity index (χ0v) is 23.8. The maximum atomic E-state index is 5.59. The monoisotopic (exact) mass is 581 g/mol. The Bertz CT molecular complexity index is 2480. The Labute approximate surface area is 257 Å². The fourth-order valence-electron chi connectivity index (χ4n) is 6.30. The van der Waals surface area contributed by atoms with Crippen molar-refractivity contribution in [3.8, 4) is 50.8 Å². The molecule has 5 heterocycles. The van der Waals surface area contributed by atoms with Crippen LogP contribution in [-0.4, -0.2) is 24.5 Å². The predicted molar refractivity (Wildman–Crippen MR) is 176 cm³/mol. The van der Waals surface area contributed by atoms with Gasteiger partial charge in [-0.2, -0.15) is 0 Å². The van der Waals surface area contributed by atoms with Crippen molar-refractivity contribution in [2.75, 3.05) is 0 Å². The molecule has 0 amide bonds. The van der Waals surface area contributed by atoms with Gasteiger partial charge in [0.25, 0.3) is 0 Å². The molecule has 9 rings (SSSR count). The molecule has 212 valence electrons. The van der Waals surface area contributed by atoms with Crippen molar-refractivity contribution in [2.45, 2.75) is 0 Å². The number of aromatic nitrogens is 5. The molecule has 0 saturated carbocycles. The summed E-state index contributed by atoms with van der Waals surface area (Å²) in [5.41, 5.74) is 9.06. The normalized spacial score (nSPS) is 11.6. The van der Waals surface area contributed by atoms with Gasteiger partial charge in [-0.15, -0.1) is 0 Å². The SMILES string of the molecule is c1ccc(-n2c3cc(-c4cncc(-c5ncco5)c4)ccc3c3c4ccccc4c(-c4cncc(-c5ncco5)c4)cc32)cc1. The molecule has 0 aliphatic heterocycles. The van der Waals surface area contributed by atoms with Gasteiger partial charge in [0.1, 0.15) is 12.5 Å². The van der Waals surface area contributed by atoms with E-state index < -0.39 is 0 Å².